The summed E-state index contributed by atoms with van der Waals surface area (Å²) in [7, 11) is 0. The number of aliphatic hydroxyl groups excluding tert-OH is 1. The lowest BCUT2D eigenvalue weighted by molar-refractivity contribution is 0.0122. The number of aliphatic hydroxyl groups is 1. The van der Waals surface area contributed by atoms with Crippen LogP contribution in [-0.4, -0.2) is 45.9 Å². The third-order valence-electron chi connectivity index (χ3n) is 3.55. The highest BCUT2D eigenvalue weighted by Crippen LogP contribution is 2.20. The van der Waals surface area contributed by atoms with Crippen molar-refractivity contribution in [3.63, 3.8) is 0 Å². The van der Waals surface area contributed by atoms with Crippen LogP contribution < -0.4 is 4.74 Å². The van der Waals surface area contributed by atoms with Gasteiger partial charge in [0.15, 0.2) is 0 Å². The standard InChI is InChI=1S/C17H26N2O4/c1-12(20)14-6-5-7-15(18-14)22-13-8-10-19(11-9-13)16(21)23-17(2,3)4/h5-7,12-13,20H,8-11H2,1-4H3/t12-/m1/s1. The van der Waals surface area contributed by atoms with Crippen molar-refractivity contribution in [2.24, 2.45) is 0 Å². The van der Waals surface area contributed by atoms with E-state index in [1.54, 1.807) is 24.0 Å². The van der Waals surface area contributed by atoms with Gasteiger partial charge in [-0.25, -0.2) is 9.78 Å². The van der Waals surface area contributed by atoms with Crippen LogP contribution in [-0.2, 0) is 4.74 Å². The highest BCUT2D eigenvalue weighted by atomic mass is 16.6. The van der Waals surface area contributed by atoms with Crippen molar-refractivity contribution in [1.82, 2.24) is 9.88 Å². The molecule has 2 rings (SSSR count). The summed E-state index contributed by atoms with van der Waals surface area (Å²) in [4.78, 5) is 18.0. The van der Waals surface area contributed by atoms with Crippen LogP contribution in [0.2, 0.25) is 0 Å². The highest BCUT2D eigenvalue weighted by Gasteiger charge is 2.27. The van der Waals surface area contributed by atoms with Crippen molar-refractivity contribution in [2.45, 2.75) is 58.3 Å². The number of amides is 1. The molecule has 128 valence electrons. The van der Waals surface area contributed by atoms with Crippen LogP contribution in [0.5, 0.6) is 5.88 Å². The maximum Gasteiger partial charge on any atom is 0.410 e. The molecule has 1 aromatic heterocycles. The summed E-state index contributed by atoms with van der Waals surface area (Å²) in [5, 5.41) is 9.57. The van der Waals surface area contributed by atoms with Gasteiger partial charge in [0.05, 0.1) is 11.8 Å². The van der Waals surface area contributed by atoms with Gasteiger partial charge in [0.25, 0.3) is 0 Å². The molecule has 1 aliphatic rings. The first kappa shape index (κ1) is 17.5. The van der Waals surface area contributed by atoms with E-state index in [1.165, 1.54) is 0 Å². The normalized spacial score (nSPS) is 17.7. The van der Waals surface area contributed by atoms with Crippen molar-refractivity contribution >= 4 is 6.09 Å². The van der Waals surface area contributed by atoms with E-state index < -0.39 is 11.7 Å². The van der Waals surface area contributed by atoms with Gasteiger partial charge in [-0.2, -0.15) is 0 Å². The maximum absolute atomic E-state index is 12.0. The first-order valence-corrected chi connectivity index (χ1v) is 8.04. The smallest absolute Gasteiger partial charge is 0.410 e. The molecular formula is C17H26N2O4. The number of ether oxygens (including phenoxy) is 2. The van der Waals surface area contributed by atoms with Crippen LogP contribution in [0.15, 0.2) is 18.2 Å². The Morgan fingerprint density at radius 1 is 1.35 bits per heavy atom. The molecule has 1 saturated heterocycles. The Morgan fingerprint density at radius 3 is 2.57 bits per heavy atom. The number of likely N-dealkylation sites (tertiary alicyclic amines) is 1. The summed E-state index contributed by atoms with van der Waals surface area (Å²) in [6, 6.07) is 5.37. The molecule has 6 heteroatoms. The molecule has 23 heavy (non-hydrogen) atoms. The number of carbonyl (C=O) groups excluding carboxylic acids is 1. The summed E-state index contributed by atoms with van der Waals surface area (Å²) >= 11 is 0. The van der Waals surface area contributed by atoms with Crippen molar-refractivity contribution in [3.05, 3.63) is 23.9 Å². The summed E-state index contributed by atoms with van der Waals surface area (Å²) in [5.41, 5.74) is 0.115. The lowest BCUT2D eigenvalue weighted by atomic mass is 10.1. The van der Waals surface area contributed by atoms with E-state index in [9.17, 15) is 9.90 Å². The number of pyridine rings is 1. The second-order valence-corrected chi connectivity index (χ2v) is 6.86. The minimum Gasteiger partial charge on any atom is -0.474 e. The third-order valence-corrected chi connectivity index (χ3v) is 3.55. The topological polar surface area (TPSA) is 71.9 Å². The van der Waals surface area contributed by atoms with E-state index in [4.69, 9.17) is 9.47 Å². The number of piperidine rings is 1. The number of hydrogen-bond acceptors (Lipinski definition) is 5. The summed E-state index contributed by atoms with van der Waals surface area (Å²) in [6.07, 6.45) is 0.600. The number of rotatable bonds is 3. The Morgan fingerprint density at radius 2 is 2.00 bits per heavy atom. The Balaban J connectivity index is 1.85. The van der Waals surface area contributed by atoms with Gasteiger partial charge in [0.2, 0.25) is 5.88 Å². The van der Waals surface area contributed by atoms with Gasteiger partial charge in [0.1, 0.15) is 11.7 Å². The maximum atomic E-state index is 12.0. The molecule has 0 unspecified atom stereocenters. The average molecular weight is 322 g/mol. The zero-order valence-corrected chi connectivity index (χ0v) is 14.3. The monoisotopic (exact) mass is 322 g/mol. The van der Waals surface area contributed by atoms with E-state index in [0.717, 1.165) is 12.8 Å². The molecule has 0 aliphatic carbocycles. The van der Waals surface area contributed by atoms with E-state index in [-0.39, 0.29) is 12.2 Å². The van der Waals surface area contributed by atoms with Crippen LogP contribution >= 0.6 is 0 Å². The summed E-state index contributed by atoms with van der Waals surface area (Å²) in [6.45, 7) is 8.47. The van der Waals surface area contributed by atoms with E-state index >= 15 is 0 Å². The van der Waals surface area contributed by atoms with Crippen molar-refractivity contribution in [2.75, 3.05) is 13.1 Å². The lowest BCUT2D eigenvalue weighted by Crippen LogP contribution is -2.44. The molecule has 0 spiro atoms. The molecule has 1 amide bonds. The summed E-state index contributed by atoms with van der Waals surface area (Å²) in [5.74, 6) is 0.513. The van der Waals surface area contributed by atoms with Crippen molar-refractivity contribution in [1.29, 1.82) is 0 Å². The van der Waals surface area contributed by atoms with Gasteiger partial charge in [0, 0.05) is 32.0 Å². The lowest BCUT2D eigenvalue weighted by Gasteiger charge is -2.33. The van der Waals surface area contributed by atoms with E-state index in [1.807, 2.05) is 26.8 Å². The third kappa shape index (κ3) is 5.39. The summed E-state index contributed by atoms with van der Waals surface area (Å²) < 4.78 is 11.3. The molecular weight excluding hydrogens is 296 g/mol. The molecule has 0 bridgehead atoms. The number of aromatic nitrogens is 1. The predicted octanol–water partition coefficient (Wildman–Crippen LogP) is 2.91. The van der Waals surface area contributed by atoms with Gasteiger partial charge in [-0.3, -0.25) is 0 Å². The van der Waals surface area contributed by atoms with Crippen LogP contribution in [0.1, 0.15) is 52.3 Å². The quantitative estimate of drug-likeness (QED) is 0.926. The molecule has 1 aromatic rings. The van der Waals surface area contributed by atoms with E-state index in [0.29, 0.717) is 24.7 Å². The predicted molar refractivity (Wildman–Crippen MR) is 86.3 cm³/mol. The van der Waals surface area contributed by atoms with Crippen LogP contribution in [0.25, 0.3) is 0 Å². The molecule has 1 N–H and O–H groups in total. The fourth-order valence-electron chi connectivity index (χ4n) is 2.38. The van der Waals surface area contributed by atoms with Crippen LogP contribution in [0.4, 0.5) is 4.79 Å². The first-order valence-electron chi connectivity index (χ1n) is 8.04. The van der Waals surface area contributed by atoms with Gasteiger partial charge in [-0.15, -0.1) is 0 Å². The molecule has 6 nitrogen and oxygen atoms in total. The van der Waals surface area contributed by atoms with Crippen LogP contribution in [0, 0.1) is 0 Å². The molecule has 1 atom stereocenters. The van der Waals surface area contributed by atoms with Crippen LogP contribution in [0.3, 0.4) is 0 Å². The number of hydrogen-bond donors (Lipinski definition) is 1. The average Bonchev–Trinajstić information content (AvgIpc) is 2.46. The Hall–Kier alpha value is -1.82. The molecule has 0 radical (unpaired) electrons. The fraction of sp³-hybridized carbons (Fsp3) is 0.647. The zero-order valence-electron chi connectivity index (χ0n) is 14.3. The molecule has 1 aliphatic heterocycles. The van der Waals surface area contributed by atoms with Crippen molar-refractivity contribution in [3.8, 4) is 5.88 Å². The molecule has 0 saturated carbocycles. The van der Waals surface area contributed by atoms with Gasteiger partial charge in [-0.1, -0.05) is 6.07 Å². The number of carbonyl (C=O) groups is 1. The molecule has 1 fully saturated rings. The minimum atomic E-state index is -0.618. The first-order chi connectivity index (χ1) is 10.7. The molecule has 2 heterocycles. The fourth-order valence-corrected chi connectivity index (χ4v) is 2.38. The highest BCUT2D eigenvalue weighted by molar-refractivity contribution is 5.68. The van der Waals surface area contributed by atoms with Gasteiger partial charge < -0.3 is 19.5 Å². The van der Waals surface area contributed by atoms with Crippen molar-refractivity contribution < 1.29 is 19.4 Å². The Labute approximate surface area is 137 Å². The Kier molecular flexibility index (Phi) is 5.46. The largest absolute Gasteiger partial charge is 0.474 e. The zero-order chi connectivity index (χ0) is 17.0. The second kappa shape index (κ2) is 7.17. The Bertz CT molecular complexity index is 532. The molecule has 0 aromatic carbocycles. The minimum absolute atomic E-state index is 0.0189. The van der Waals surface area contributed by atoms with E-state index in [2.05, 4.69) is 4.98 Å². The second-order valence-electron chi connectivity index (χ2n) is 6.86. The SMILES string of the molecule is C[C@@H](O)c1cccc(OC2CCN(C(=O)OC(C)(C)C)CC2)n1. The van der Waals surface area contributed by atoms with Gasteiger partial charge in [-0.05, 0) is 33.8 Å². The van der Waals surface area contributed by atoms with Gasteiger partial charge >= 0.3 is 6.09 Å². The number of nitrogens with zero attached hydrogens (tertiary/aromatic N) is 2.